The number of nitrogens with one attached hydrogen (secondary N) is 1. The van der Waals surface area contributed by atoms with Crippen molar-refractivity contribution in [1.29, 1.82) is 4.78 Å². The van der Waals surface area contributed by atoms with E-state index in [1.807, 2.05) is 29.2 Å². The largest absolute Gasteiger partial charge is 0.483 e. The Morgan fingerprint density at radius 2 is 2.04 bits per heavy atom. The molecule has 2 heterocycles. The van der Waals surface area contributed by atoms with Crippen LogP contribution in [0.3, 0.4) is 0 Å². The van der Waals surface area contributed by atoms with Crippen LogP contribution in [-0.4, -0.2) is 45.2 Å². The zero-order valence-electron chi connectivity index (χ0n) is 15.1. The first kappa shape index (κ1) is 18.2. The molecule has 2 aliphatic heterocycles. The van der Waals surface area contributed by atoms with E-state index in [0.29, 0.717) is 24.0 Å². The minimum atomic E-state index is -2.56. The predicted octanol–water partition coefficient (Wildman–Crippen LogP) is 3.39. The molecule has 1 spiro atoms. The summed E-state index contributed by atoms with van der Waals surface area (Å²) < 4.78 is 26.2. The highest BCUT2D eigenvalue weighted by Crippen LogP contribution is 2.38. The highest BCUT2D eigenvalue weighted by molar-refractivity contribution is 7.92. The van der Waals surface area contributed by atoms with Crippen molar-refractivity contribution in [2.24, 2.45) is 0 Å². The molecule has 2 unspecified atom stereocenters. The van der Waals surface area contributed by atoms with Gasteiger partial charge in [0.15, 0.2) is 6.61 Å². The van der Waals surface area contributed by atoms with Crippen LogP contribution in [0, 0.1) is 4.78 Å². The van der Waals surface area contributed by atoms with E-state index >= 15 is 0 Å². The van der Waals surface area contributed by atoms with Gasteiger partial charge in [-0.25, -0.2) is 4.21 Å². The highest BCUT2D eigenvalue weighted by Gasteiger charge is 2.47. The number of likely N-dealkylation sites (tertiary alicyclic amines) is 1. The maximum absolute atomic E-state index is 12.8. The van der Waals surface area contributed by atoms with E-state index in [1.54, 1.807) is 0 Å². The van der Waals surface area contributed by atoms with Gasteiger partial charge < -0.3 is 9.64 Å². The van der Waals surface area contributed by atoms with Gasteiger partial charge in [0.2, 0.25) is 0 Å². The minimum Gasteiger partial charge on any atom is -0.483 e. The number of para-hydroxylation sites is 1. The van der Waals surface area contributed by atoms with Crippen LogP contribution in [0.25, 0.3) is 0 Å². The molecular formula is C19H28N2O3S. The molecule has 1 amide bonds. The molecule has 0 saturated carbocycles. The Morgan fingerprint density at radius 3 is 2.76 bits per heavy atom. The molecule has 1 aromatic carbocycles. The zero-order chi connectivity index (χ0) is 18.1. The molecule has 2 atom stereocenters. The molecule has 2 fully saturated rings. The lowest BCUT2D eigenvalue weighted by atomic mass is 9.92. The Kier molecular flexibility index (Phi) is 5.09. The van der Waals surface area contributed by atoms with Crippen LogP contribution < -0.4 is 4.74 Å². The molecule has 0 radical (unpaired) electrons. The fourth-order valence-electron chi connectivity index (χ4n) is 4.26. The SMILES string of the molecule is CC(C)c1ccccc1OCC(=O)N1CCCC12CCCS(=N)(=O)C2. The van der Waals surface area contributed by atoms with Crippen LogP contribution in [0.15, 0.2) is 24.3 Å². The zero-order valence-corrected chi connectivity index (χ0v) is 15.9. The van der Waals surface area contributed by atoms with Crippen molar-refractivity contribution in [2.45, 2.75) is 51.0 Å². The first-order valence-electron chi connectivity index (χ1n) is 9.09. The molecule has 1 N–H and O–H groups in total. The average Bonchev–Trinajstić information content (AvgIpc) is 2.94. The van der Waals surface area contributed by atoms with Crippen molar-refractivity contribution in [3.8, 4) is 5.75 Å². The van der Waals surface area contributed by atoms with Gasteiger partial charge in [-0.15, -0.1) is 0 Å². The third-order valence-corrected chi connectivity index (χ3v) is 7.36. The van der Waals surface area contributed by atoms with Crippen LogP contribution in [0.5, 0.6) is 5.75 Å². The molecule has 1 aromatic rings. The molecule has 0 bridgehead atoms. The molecule has 6 heteroatoms. The Labute approximate surface area is 150 Å². The highest BCUT2D eigenvalue weighted by atomic mass is 32.2. The average molecular weight is 365 g/mol. The van der Waals surface area contributed by atoms with E-state index in [0.717, 1.165) is 37.0 Å². The summed E-state index contributed by atoms with van der Waals surface area (Å²) in [5.74, 6) is 1.83. The van der Waals surface area contributed by atoms with Gasteiger partial charge in [0.1, 0.15) is 5.75 Å². The fraction of sp³-hybridized carbons (Fsp3) is 0.632. The van der Waals surface area contributed by atoms with Gasteiger partial charge in [-0.1, -0.05) is 32.0 Å². The summed E-state index contributed by atoms with van der Waals surface area (Å²) in [7, 11) is -2.56. The number of nitrogens with zero attached hydrogens (tertiary/aromatic N) is 1. The first-order chi connectivity index (χ1) is 11.8. The van der Waals surface area contributed by atoms with Crippen molar-refractivity contribution in [1.82, 2.24) is 4.90 Å². The Hall–Kier alpha value is -1.56. The van der Waals surface area contributed by atoms with Crippen LogP contribution in [0.1, 0.15) is 51.0 Å². The number of ether oxygens (including phenoxy) is 1. The molecule has 0 aliphatic carbocycles. The third kappa shape index (κ3) is 3.84. The fourth-order valence-corrected chi connectivity index (χ4v) is 6.32. The van der Waals surface area contributed by atoms with Crippen molar-refractivity contribution < 1.29 is 13.7 Å². The predicted molar refractivity (Wildman–Crippen MR) is 99.5 cm³/mol. The second-order valence-corrected chi connectivity index (χ2v) is 9.94. The quantitative estimate of drug-likeness (QED) is 0.890. The maximum atomic E-state index is 12.8. The summed E-state index contributed by atoms with van der Waals surface area (Å²) in [5, 5.41) is 0. The van der Waals surface area contributed by atoms with Crippen LogP contribution >= 0.6 is 0 Å². The maximum Gasteiger partial charge on any atom is 0.260 e. The van der Waals surface area contributed by atoms with Gasteiger partial charge in [0, 0.05) is 22.0 Å². The summed E-state index contributed by atoms with van der Waals surface area (Å²) in [5.41, 5.74) is 0.716. The van der Waals surface area contributed by atoms with Gasteiger partial charge in [0.25, 0.3) is 5.91 Å². The molecule has 2 aliphatic rings. The van der Waals surface area contributed by atoms with E-state index in [-0.39, 0.29) is 18.1 Å². The van der Waals surface area contributed by atoms with Crippen molar-refractivity contribution in [3.05, 3.63) is 29.8 Å². The summed E-state index contributed by atoms with van der Waals surface area (Å²) in [4.78, 5) is 14.7. The van der Waals surface area contributed by atoms with Crippen LogP contribution in [-0.2, 0) is 14.5 Å². The molecule has 138 valence electrons. The first-order valence-corrected chi connectivity index (χ1v) is 11.0. The van der Waals surface area contributed by atoms with Crippen LogP contribution in [0.4, 0.5) is 0 Å². The summed E-state index contributed by atoms with van der Waals surface area (Å²) in [6, 6.07) is 7.82. The standard InChI is InChI=1S/C19H28N2O3S/c1-15(2)16-7-3-4-8-17(16)24-13-18(22)21-11-5-9-19(21)10-6-12-25(20,23)14-19/h3-4,7-8,15,20H,5-6,9-14H2,1-2H3. The number of carbonyl (C=O) groups excluding carboxylic acids is 1. The molecule has 5 nitrogen and oxygen atoms in total. The summed E-state index contributed by atoms with van der Waals surface area (Å²) in [6.45, 7) is 4.90. The van der Waals surface area contributed by atoms with Crippen LogP contribution in [0.2, 0.25) is 0 Å². The van der Waals surface area contributed by atoms with Gasteiger partial charge in [-0.05, 0) is 43.2 Å². The smallest absolute Gasteiger partial charge is 0.260 e. The second kappa shape index (κ2) is 6.98. The Bertz CT molecular complexity index is 745. The van der Waals surface area contributed by atoms with Crippen molar-refractivity contribution in [3.63, 3.8) is 0 Å². The lowest BCUT2D eigenvalue weighted by Gasteiger charge is -2.42. The molecular weight excluding hydrogens is 336 g/mol. The van der Waals surface area contributed by atoms with E-state index in [1.165, 1.54) is 0 Å². The second-order valence-electron chi connectivity index (χ2n) is 7.62. The third-order valence-electron chi connectivity index (χ3n) is 5.41. The lowest BCUT2D eigenvalue weighted by molar-refractivity contribution is -0.137. The van der Waals surface area contributed by atoms with E-state index < -0.39 is 9.73 Å². The van der Waals surface area contributed by atoms with Crippen molar-refractivity contribution in [2.75, 3.05) is 24.7 Å². The van der Waals surface area contributed by atoms with Gasteiger partial charge >= 0.3 is 0 Å². The van der Waals surface area contributed by atoms with Gasteiger partial charge in [0.05, 0.1) is 11.3 Å². The van der Waals surface area contributed by atoms with E-state index in [2.05, 4.69) is 13.8 Å². The normalized spacial score (nSPS) is 29.3. The molecule has 3 rings (SSSR count). The molecule has 0 aromatic heterocycles. The summed E-state index contributed by atoms with van der Waals surface area (Å²) >= 11 is 0. The topological polar surface area (TPSA) is 70.5 Å². The molecule has 2 saturated heterocycles. The number of carbonyl (C=O) groups is 1. The van der Waals surface area contributed by atoms with E-state index in [9.17, 15) is 9.00 Å². The lowest BCUT2D eigenvalue weighted by Crippen LogP contribution is -2.55. The van der Waals surface area contributed by atoms with Gasteiger partial charge in [-0.2, -0.15) is 0 Å². The number of rotatable bonds is 4. The van der Waals surface area contributed by atoms with Crippen molar-refractivity contribution >= 4 is 15.6 Å². The summed E-state index contributed by atoms with van der Waals surface area (Å²) in [6.07, 6.45) is 3.40. The minimum absolute atomic E-state index is 0.00464. The number of hydrogen-bond acceptors (Lipinski definition) is 4. The molecule has 25 heavy (non-hydrogen) atoms. The Morgan fingerprint density at radius 1 is 1.32 bits per heavy atom. The number of benzene rings is 1. The number of hydrogen-bond donors (Lipinski definition) is 1. The van der Waals surface area contributed by atoms with Gasteiger partial charge in [-0.3, -0.25) is 9.57 Å². The Balaban J connectivity index is 1.71. The van der Waals surface area contributed by atoms with E-state index in [4.69, 9.17) is 9.52 Å². The number of amides is 1. The monoisotopic (exact) mass is 364 g/mol.